The maximum Gasteiger partial charge on any atom is 0.338 e. The van der Waals surface area contributed by atoms with Crippen LogP contribution < -0.4 is 0 Å². The quantitative estimate of drug-likeness (QED) is 0.753. The molecule has 2 rings (SSSR count). The molecule has 96 valence electrons. The zero-order valence-electron chi connectivity index (χ0n) is 10.8. The lowest BCUT2D eigenvalue weighted by Gasteiger charge is -2.32. The molecule has 18 heavy (non-hydrogen) atoms. The van der Waals surface area contributed by atoms with E-state index >= 15 is 0 Å². The zero-order valence-corrected chi connectivity index (χ0v) is 10.8. The van der Waals surface area contributed by atoms with Crippen molar-refractivity contribution in [2.24, 2.45) is 5.41 Å². The summed E-state index contributed by atoms with van der Waals surface area (Å²) >= 11 is 0. The number of esters is 1. The summed E-state index contributed by atoms with van der Waals surface area (Å²) in [7, 11) is 0. The highest BCUT2D eigenvalue weighted by Crippen LogP contribution is 2.34. The lowest BCUT2D eigenvalue weighted by atomic mass is 9.76. The third-order valence-electron chi connectivity index (χ3n) is 3.35. The first-order valence-electron chi connectivity index (χ1n) is 6.27. The van der Waals surface area contributed by atoms with Gasteiger partial charge < -0.3 is 4.74 Å². The number of Topliss-reactive ketones (excluding diaryl/α,β-unsaturated/α-hetero) is 1. The lowest BCUT2D eigenvalue weighted by Crippen LogP contribution is -2.36. The van der Waals surface area contributed by atoms with Crippen molar-refractivity contribution in [2.75, 3.05) is 0 Å². The number of rotatable bonds is 2. The summed E-state index contributed by atoms with van der Waals surface area (Å²) in [5.74, 6) is -0.371. The van der Waals surface area contributed by atoms with Gasteiger partial charge >= 0.3 is 5.97 Å². The largest absolute Gasteiger partial charge is 0.451 e. The fraction of sp³-hybridized carbons (Fsp3) is 0.467. The van der Waals surface area contributed by atoms with E-state index in [2.05, 4.69) is 13.8 Å². The Balaban J connectivity index is 1.99. The average Bonchev–Trinajstić information content (AvgIpc) is 2.33. The fourth-order valence-electron chi connectivity index (χ4n) is 2.25. The molecule has 0 aliphatic heterocycles. The van der Waals surface area contributed by atoms with Crippen molar-refractivity contribution in [3.63, 3.8) is 0 Å². The number of ether oxygens (including phenoxy) is 1. The number of hydrogen-bond acceptors (Lipinski definition) is 3. The second-order valence-electron chi connectivity index (χ2n) is 5.61. The van der Waals surface area contributed by atoms with Crippen molar-refractivity contribution in [3.05, 3.63) is 35.9 Å². The van der Waals surface area contributed by atoms with Crippen LogP contribution in [-0.4, -0.2) is 17.9 Å². The van der Waals surface area contributed by atoms with E-state index in [-0.39, 0.29) is 11.2 Å². The minimum atomic E-state index is -0.564. The van der Waals surface area contributed by atoms with Gasteiger partial charge in [-0.15, -0.1) is 0 Å². The van der Waals surface area contributed by atoms with Gasteiger partial charge in [0.1, 0.15) is 0 Å². The minimum absolute atomic E-state index is 0.0345. The Bertz CT molecular complexity index is 448. The Kier molecular flexibility index (Phi) is 3.50. The van der Waals surface area contributed by atoms with Crippen LogP contribution in [0.15, 0.2) is 30.3 Å². The first kappa shape index (κ1) is 12.8. The maximum absolute atomic E-state index is 11.9. The fourth-order valence-corrected chi connectivity index (χ4v) is 2.25. The smallest absolute Gasteiger partial charge is 0.338 e. The van der Waals surface area contributed by atoms with Crippen LogP contribution in [0.25, 0.3) is 0 Å². The molecule has 0 amide bonds. The number of carbonyl (C=O) groups excluding carboxylic acids is 2. The Morgan fingerprint density at radius 1 is 1.28 bits per heavy atom. The molecule has 0 radical (unpaired) electrons. The zero-order chi connectivity index (χ0) is 13.2. The van der Waals surface area contributed by atoms with Crippen LogP contribution in [0, 0.1) is 5.41 Å². The highest BCUT2D eigenvalue weighted by Gasteiger charge is 2.35. The van der Waals surface area contributed by atoms with Crippen LogP contribution in [0.3, 0.4) is 0 Å². The van der Waals surface area contributed by atoms with Crippen LogP contribution in [0.2, 0.25) is 0 Å². The maximum atomic E-state index is 11.9. The average molecular weight is 246 g/mol. The molecular formula is C15H18O3. The standard InChI is InChI=1S/C15H18O3/c1-15(2)9-8-13(12(16)10-15)18-14(17)11-6-4-3-5-7-11/h3-7,13H,8-10H2,1-2H3/t13-/m0/s1. The van der Waals surface area contributed by atoms with Crippen molar-refractivity contribution in [1.29, 1.82) is 0 Å². The van der Waals surface area contributed by atoms with Crippen molar-refractivity contribution < 1.29 is 14.3 Å². The molecule has 1 atom stereocenters. The van der Waals surface area contributed by atoms with Crippen LogP contribution >= 0.6 is 0 Å². The van der Waals surface area contributed by atoms with Gasteiger partial charge in [-0.05, 0) is 30.4 Å². The molecule has 1 saturated carbocycles. The molecule has 1 aromatic carbocycles. The van der Waals surface area contributed by atoms with E-state index in [9.17, 15) is 9.59 Å². The van der Waals surface area contributed by atoms with Gasteiger partial charge in [0, 0.05) is 6.42 Å². The van der Waals surface area contributed by atoms with Gasteiger partial charge in [-0.2, -0.15) is 0 Å². The SMILES string of the molecule is CC1(C)CC[C@H](OC(=O)c2ccccc2)C(=O)C1. The summed E-state index contributed by atoms with van der Waals surface area (Å²) in [4.78, 5) is 23.7. The van der Waals surface area contributed by atoms with Crippen molar-refractivity contribution >= 4 is 11.8 Å². The molecule has 0 heterocycles. The van der Waals surface area contributed by atoms with Crippen molar-refractivity contribution in [1.82, 2.24) is 0 Å². The summed E-state index contributed by atoms with van der Waals surface area (Å²) in [5.41, 5.74) is 0.530. The van der Waals surface area contributed by atoms with Crippen LogP contribution in [0.1, 0.15) is 43.5 Å². The van der Waals surface area contributed by atoms with E-state index in [1.165, 1.54) is 0 Å². The Morgan fingerprint density at radius 2 is 1.94 bits per heavy atom. The summed E-state index contributed by atoms with van der Waals surface area (Å²) in [5, 5.41) is 0. The van der Waals surface area contributed by atoms with E-state index < -0.39 is 12.1 Å². The van der Waals surface area contributed by atoms with Gasteiger partial charge in [-0.3, -0.25) is 4.79 Å². The lowest BCUT2D eigenvalue weighted by molar-refractivity contribution is -0.133. The molecule has 0 unspecified atom stereocenters. The number of carbonyl (C=O) groups is 2. The summed E-state index contributed by atoms with van der Waals surface area (Å²) in [6, 6.07) is 8.79. The third-order valence-corrected chi connectivity index (χ3v) is 3.35. The molecule has 0 aromatic heterocycles. The summed E-state index contributed by atoms with van der Waals surface area (Å²) in [6.45, 7) is 4.14. The Morgan fingerprint density at radius 3 is 2.56 bits per heavy atom. The minimum Gasteiger partial charge on any atom is -0.451 e. The van der Waals surface area contributed by atoms with E-state index in [0.717, 1.165) is 6.42 Å². The molecule has 0 spiro atoms. The second kappa shape index (κ2) is 4.92. The summed E-state index contributed by atoms with van der Waals surface area (Å²) in [6.07, 6.45) is 1.46. The molecular weight excluding hydrogens is 228 g/mol. The van der Waals surface area contributed by atoms with E-state index in [1.807, 2.05) is 6.07 Å². The van der Waals surface area contributed by atoms with Crippen LogP contribution in [0.4, 0.5) is 0 Å². The van der Waals surface area contributed by atoms with E-state index in [4.69, 9.17) is 4.74 Å². The highest BCUT2D eigenvalue weighted by atomic mass is 16.5. The Hall–Kier alpha value is -1.64. The normalized spacial score (nSPS) is 22.6. The Labute approximate surface area is 107 Å². The third kappa shape index (κ3) is 2.97. The molecule has 1 aliphatic carbocycles. The monoisotopic (exact) mass is 246 g/mol. The molecule has 1 fully saturated rings. The number of hydrogen-bond donors (Lipinski definition) is 0. The second-order valence-corrected chi connectivity index (χ2v) is 5.61. The van der Waals surface area contributed by atoms with E-state index in [1.54, 1.807) is 24.3 Å². The van der Waals surface area contributed by atoms with Gasteiger partial charge in [0.2, 0.25) is 0 Å². The molecule has 3 heteroatoms. The molecule has 3 nitrogen and oxygen atoms in total. The van der Waals surface area contributed by atoms with Crippen molar-refractivity contribution in [2.45, 2.75) is 39.2 Å². The number of benzene rings is 1. The first-order chi connectivity index (χ1) is 8.48. The van der Waals surface area contributed by atoms with Gasteiger partial charge in [0.25, 0.3) is 0 Å². The van der Waals surface area contributed by atoms with Crippen LogP contribution in [0.5, 0.6) is 0 Å². The molecule has 1 aliphatic rings. The highest BCUT2D eigenvalue weighted by molar-refractivity contribution is 5.93. The molecule has 0 bridgehead atoms. The molecule has 0 saturated heterocycles. The molecule has 1 aromatic rings. The van der Waals surface area contributed by atoms with Crippen molar-refractivity contribution in [3.8, 4) is 0 Å². The van der Waals surface area contributed by atoms with Gasteiger partial charge in [0.15, 0.2) is 11.9 Å². The predicted molar refractivity (Wildman–Crippen MR) is 68.3 cm³/mol. The van der Waals surface area contributed by atoms with Gasteiger partial charge in [-0.1, -0.05) is 32.0 Å². The first-order valence-corrected chi connectivity index (χ1v) is 6.27. The molecule has 0 N–H and O–H groups in total. The van der Waals surface area contributed by atoms with E-state index in [0.29, 0.717) is 18.4 Å². The van der Waals surface area contributed by atoms with Crippen LogP contribution in [-0.2, 0) is 9.53 Å². The topological polar surface area (TPSA) is 43.4 Å². The van der Waals surface area contributed by atoms with Gasteiger partial charge in [0.05, 0.1) is 5.56 Å². The number of ketones is 1. The predicted octanol–water partition coefficient (Wildman–Crippen LogP) is 2.99. The van der Waals surface area contributed by atoms with Gasteiger partial charge in [-0.25, -0.2) is 4.79 Å². The summed E-state index contributed by atoms with van der Waals surface area (Å²) < 4.78 is 5.29.